The molecule has 1 atom stereocenters. The lowest BCUT2D eigenvalue weighted by molar-refractivity contribution is 0.0223. The third kappa shape index (κ3) is 4.26. The molecule has 17 heavy (non-hydrogen) atoms. The highest BCUT2D eigenvalue weighted by Gasteiger charge is 2.12. The molecule has 0 radical (unpaired) electrons. The first-order chi connectivity index (χ1) is 8.34. The molecule has 0 spiro atoms. The van der Waals surface area contributed by atoms with E-state index in [-0.39, 0.29) is 0 Å². The Balaban J connectivity index is 1.80. The van der Waals surface area contributed by atoms with Crippen molar-refractivity contribution < 1.29 is 9.84 Å². The van der Waals surface area contributed by atoms with Gasteiger partial charge >= 0.3 is 0 Å². The first-order valence-corrected chi connectivity index (χ1v) is 5.92. The number of nitrogens with zero attached hydrogens (tertiary/aromatic N) is 2. The Hall–Kier alpha value is -1.23. The van der Waals surface area contributed by atoms with Gasteiger partial charge in [0.2, 0.25) is 0 Å². The van der Waals surface area contributed by atoms with Crippen LogP contribution in [-0.4, -0.2) is 53.9 Å². The molecular weight excluding hydrogens is 216 g/mol. The molecule has 2 heterocycles. The van der Waals surface area contributed by atoms with Gasteiger partial charge in [0.05, 0.1) is 25.0 Å². The van der Waals surface area contributed by atoms with Crippen LogP contribution in [0.4, 0.5) is 0 Å². The maximum Gasteiger partial charge on any atom is 0.0851 e. The molecule has 0 saturated carbocycles. The van der Waals surface area contributed by atoms with Crippen molar-refractivity contribution in [1.29, 1.82) is 0 Å². The second-order valence-electron chi connectivity index (χ2n) is 4.09. The van der Waals surface area contributed by atoms with Crippen molar-refractivity contribution in [2.75, 3.05) is 32.8 Å². The number of aromatic nitrogens is 1. The number of morpholine rings is 1. The number of ether oxygens (including phenoxy) is 1. The van der Waals surface area contributed by atoms with Gasteiger partial charge in [0.15, 0.2) is 0 Å². The number of aliphatic hydroxyl groups is 1. The zero-order valence-corrected chi connectivity index (χ0v) is 9.83. The lowest BCUT2D eigenvalue weighted by Crippen LogP contribution is -2.40. The number of hydrogen-bond acceptors (Lipinski definition) is 4. The molecule has 1 N–H and O–H groups in total. The quantitative estimate of drug-likeness (QED) is 0.836. The van der Waals surface area contributed by atoms with Crippen LogP contribution in [0.1, 0.15) is 5.69 Å². The minimum Gasteiger partial charge on any atom is -0.388 e. The molecule has 1 aliphatic rings. The average Bonchev–Trinajstić information content (AvgIpc) is 2.39. The molecular formula is C13H18N2O2. The largest absolute Gasteiger partial charge is 0.388 e. The highest BCUT2D eigenvalue weighted by Crippen LogP contribution is 2.02. The number of hydrogen-bond donors (Lipinski definition) is 1. The van der Waals surface area contributed by atoms with Crippen molar-refractivity contribution in [3.63, 3.8) is 0 Å². The summed E-state index contributed by atoms with van der Waals surface area (Å²) < 4.78 is 5.26. The van der Waals surface area contributed by atoms with Crippen LogP contribution in [0.5, 0.6) is 0 Å². The van der Waals surface area contributed by atoms with Crippen molar-refractivity contribution in [2.24, 2.45) is 0 Å². The minimum absolute atomic E-state index is 0.449. The number of pyridine rings is 1. The fourth-order valence-electron chi connectivity index (χ4n) is 1.79. The van der Waals surface area contributed by atoms with Crippen LogP contribution in [0.3, 0.4) is 0 Å². The van der Waals surface area contributed by atoms with E-state index < -0.39 is 6.10 Å². The summed E-state index contributed by atoms with van der Waals surface area (Å²) in [7, 11) is 0. The molecule has 0 aliphatic carbocycles. The smallest absolute Gasteiger partial charge is 0.0851 e. The van der Waals surface area contributed by atoms with E-state index in [9.17, 15) is 5.11 Å². The van der Waals surface area contributed by atoms with Gasteiger partial charge in [0.1, 0.15) is 0 Å². The van der Waals surface area contributed by atoms with E-state index in [1.54, 1.807) is 12.3 Å². The van der Waals surface area contributed by atoms with Gasteiger partial charge in [-0.05, 0) is 18.2 Å². The van der Waals surface area contributed by atoms with Gasteiger partial charge < -0.3 is 9.84 Å². The predicted octanol–water partition coefficient (Wildman–Crippen LogP) is 0.788. The van der Waals surface area contributed by atoms with E-state index in [2.05, 4.69) is 9.88 Å². The van der Waals surface area contributed by atoms with Gasteiger partial charge in [-0.25, -0.2) is 0 Å². The summed E-state index contributed by atoms with van der Waals surface area (Å²) in [5.74, 6) is 0. The minimum atomic E-state index is -0.449. The first kappa shape index (κ1) is 12.2. The highest BCUT2D eigenvalue weighted by molar-refractivity contribution is 5.44. The van der Waals surface area contributed by atoms with Crippen LogP contribution < -0.4 is 0 Å². The van der Waals surface area contributed by atoms with E-state index in [4.69, 9.17) is 4.74 Å². The van der Waals surface area contributed by atoms with Gasteiger partial charge in [-0.1, -0.05) is 12.1 Å². The summed E-state index contributed by atoms with van der Waals surface area (Å²) in [5.41, 5.74) is 0.869. The molecule has 1 aromatic rings. The number of aliphatic hydroxyl groups excluding tert-OH is 1. The first-order valence-electron chi connectivity index (χ1n) is 5.92. The van der Waals surface area contributed by atoms with Crippen LogP contribution in [0.25, 0.3) is 6.08 Å². The van der Waals surface area contributed by atoms with Crippen LogP contribution in [0.15, 0.2) is 30.5 Å². The Bertz CT molecular complexity index is 348. The second-order valence-corrected chi connectivity index (χ2v) is 4.09. The van der Waals surface area contributed by atoms with E-state index in [1.807, 2.05) is 24.3 Å². The lowest BCUT2D eigenvalue weighted by atomic mass is 10.2. The molecule has 4 heteroatoms. The van der Waals surface area contributed by atoms with Crippen LogP contribution in [0.2, 0.25) is 0 Å². The third-order valence-corrected chi connectivity index (χ3v) is 2.73. The Morgan fingerprint density at radius 3 is 2.94 bits per heavy atom. The molecule has 0 aromatic carbocycles. The van der Waals surface area contributed by atoms with Crippen LogP contribution in [-0.2, 0) is 4.74 Å². The summed E-state index contributed by atoms with van der Waals surface area (Å²) in [6.45, 7) is 3.98. The SMILES string of the molecule is OC(/C=C/c1ccccn1)CN1CCOCC1. The van der Waals surface area contributed by atoms with E-state index >= 15 is 0 Å². The summed E-state index contributed by atoms with van der Waals surface area (Å²) >= 11 is 0. The highest BCUT2D eigenvalue weighted by atomic mass is 16.5. The van der Waals surface area contributed by atoms with Gasteiger partial charge in [0.25, 0.3) is 0 Å². The lowest BCUT2D eigenvalue weighted by Gasteiger charge is -2.27. The Morgan fingerprint density at radius 2 is 2.24 bits per heavy atom. The topological polar surface area (TPSA) is 45.6 Å². The molecule has 0 amide bonds. The zero-order chi connectivity index (χ0) is 11.9. The van der Waals surface area contributed by atoms with Crippen molar-refractivity contribution in [2.45, 2.75) is 6.10 Å². The van der Waals surface area contributed by atoms with Crippen LogP contribution >= 0.6 is 0 Å². The van der Waals surface area contributed by atoms with Gasteiger partial charge in [-0.3, -0.25) is 9.88 Å². The predicted molar refractivity (Wildman–Crippen MR) is 66.5 cm³/mol. The van der Waals surface area contributed by atoms with Crippen LogP contribution in [0, 0.1) is 0 Å². The molecule has 0 bridgehead atoms. The molecule has 1 aromatic heterocycles. The van der Waals surface area contributed by atoms with Crippen molar-refractivity contribution in [1.82, 2.24) is 9.88 Å². The molecule has 1 aliphatic heterocycles. The maximum absolute atomic E-state index is 9.87. The fraction of sp³-hybridized carbons (Fsp3) is 0.462. The third-order valence-electron chi connectivity index (χ3n) is 2.73. The fourth-order valence-corrected chi connectivity index (χ4v) is 1.79. The Kier molecular flexibility index (Phi) is 4.67. The van der Waals surface area contributed by atoms with Crippen molar-refractivity contribution >= 4 is 6.08 Å². The van der Waals surface area contributed by atoms with E-state index in [0.717, 1.165) is 32.0 Å². The Labute approximate surface area is 102 Å². The normalized spacial score (nSPS) is 19.6. The summed E-state index contributed by atoms with van der Waals surface area (Å²) in [6, 6.07) is 5.72. The van der Waals surface area contributed by atoms with Gasteiger partial charge in [-0.15, -0.1) is 0 Å². The van der Waals surface area contributed by atoms with E-state index in [1.165, 1.54) is 0 Å². The summed E-state index contributed by atoms with van der Waals surface area (Å²) in [6.07, 6.45) is 4.94. The number of β-amino-alcohol motifs (C(OH)–C–C–N with tert-alkyl or cyclic N) is 1. The molecule has 2 rings (SSSR count). The summed E-state index contributed by atoms with van der Waals surface area (Å²) in [4.78, 5) is 6.37. The summed E-state index contributed by atoms with van der Waals surface area (Å²) in [5, 5.41) is 9.87. The second kappa shape index (κ2) is 6.49. The maximum atomic E-state index is 9.87. The zero-order valence-electron chi connectivity index (χ0n) is 9.83. The Morgan fingerprint density at radius 1 is 1.41 bits per heavy atom. The molecule has 4 nitrogen and oxygen atoms in total. The van der Waals surface area contributed by atoms with Crippen molar-refractivity contribution in [3.05, 3.63) is 36.2 Å². The number of rotatable bonds is 4. The van der Waals surface area contributed by atoms with Gasteiger partial charge in [-0.2, -0.15) is 0 Å². The standard InChI is InChI=1S/C13H18N2O2/c16-13(11-15-7-9-17-10-8-15)5-4-12-3-1-2-6-14-12/h1-6,13,16H,7-11H2/b5-4+. The van der Waals surface area contributed by atoms with Crippen molar-refractivity contribution in [3.8, 4) is 0 Å². The molecule has 92 valence electrons. The monoisotopic (exact) mass is 234 g/mol. The molecule has 1 fully saturated rings. The van der Waals surface area contributed by atoms with E-state index in [0.29, 0.717) is 6.54 Å². The van der Waals surface area contributed by atoms with Gasteiger partial charge in [0, 0.05) is 25.8 Å². The molecule has 1 saturated heterocycles. The average molecular weight is 234 g/mol. The molecule has 1 unspecified atom stereocenters.